The van der Waals surface area contributed by atoms with Crippen LogP contribution in [-0.4, -0.2) is 280 Å². The van der Waals surface area contributed by atoms with Crippen LogP contribution >= 0.6 is 0 Å². The van der Waals surface area contributed by atoms with Crippen molar-refractivity contribution in [1.29, 1.82) is 0 Å². The minimum atomic E-state index is -3.07. The van der Waals surface area contributed by atoms with Gasteiger partial charge in [-0.05, 0) is 0 Å². The van der Waals surface area contributed by atoms with Crippen LogP contribution in [-0.2, 0) is 104 Å². The van der Waals surface area contributed by atoms with Gasteiger partial charge in [0.15, 0.2) is 0 Å². The minimum absolute atomic E-state index is 0.0142. The van der Waals surface area contributed by atoms with E-state index in [9.17, 15) is 73.5 Å². The zero-order chi connectivity index (χ0) is 73.0. The Morgan fingerprint density at radius 2 is 0.566 bits per heavy atom. The van der Waals surface area contributed by atoms with Gasteiger partial charge >= 0.3 is 0 Å². The molecule has 0 aromatic carbocycles. The summed E-state index contributed by atoms with van der Waals surface area (Å²) >= 11 is 0. The van der Waals surface area contributed by atoms with Crippen molar-refractivity contribution in [2.45, 2.75) is 126 Å². The van der Waals surface area contributed by atoms with Gasteiger partial charge in [-0.1, -0.05) is 0 Å². The molecule has 0 spiro atoms. The minimum Gasteiger partial charge on any atom is -0.394 e. The monoisotopic (exact) mass is 1390 g/mol. The van der Waals surface area contributed by atoms with Crippen molar-refractivity contribution in [2.75, 3.05) is 39.6 Å². The zero-order valence-corrected chi connectivity index (χ0v) is 53.5. The summed E-state index contributed by atoms with van der Waals surface area (Å²) in [5.41, 5.74) is 6.22. The Hall–Kier alpha value is -11.7. The van der Waals surface area contributed by atoms with E-state index in [-0.39, 0.29) is 38.3 Å². The number of nitrogens with two attached hydrogens (primary N) is 1. The fraction of sp³-hybridized carbons (Fsp3) is 0.464. The first-order valence-electron chi connectivity index (χ1n) is 29.9. The zero-order valence-electron chi connectivity index (χ0n) is 53.5. The summed E-state index contributed by atoms with van der Waals surface area (Å²) in [5, 5.41) is 76.7. The predicted molar refractivity (Wildman–Crippen MR) is 330 cm³/mol. The van der Waals surface area contributed by atoms with Crippen molar-refractivity contribution in [2.24, 2.45) is 5.73 Å². The molecule has 0 aliphatic heterocycles. The number of imide groups is 2. The first-order chi connectivity index (χ1) is 47.1. The van der Waals surface area contributed by atoms with Crippen molar-refractivity contribution in [3.05, 3.63) is 91.1 Å². The van der Waals surface area contributed by atoms with E-state index in [1.807, 2.05) is 0 Å². The van der Waals surface area contributed by atoms with E-state index < -0.39 is 227 Å². The Labute approximate surface area is 560 Å². The Balaban J connectivity index is 1.83. The van der Waals surface area contributed by atoms with Crippen LogP contribution < -0.4 is 58.9 Å². The second kappa shape index (κ2) is 38.1. The number of hydrogen-bond acceptors (Lipinski definition) is 25. The molecule has 5 aromatic rings. The maximum absolute atomic E-state index is 15.9. The number of carbonyl (C=O) groups is 15. The second-order valence-corrected chi connectivity index (χ2v) is 21.9. The fourth-order valence-corrected chi connectivity index (χ4v) is 9.56. The molecular weight excluding hydrogens is 1310 g/mol. The van der Waals surface area contributed by atoms with Crippen LogP contribution in [0.3, 0.4) is 0 Å². The van der Waals surface area contributed by atoms with Crippen molar-refractivity contribution >= 4 is 88.6 Å². The lowest BCUT2D eigenvalue weighted by Crippen LogP contribution is -2.69. The molecule has 0 fully saturated rings. The molecule has 5 aromatic heterocycles. The van der Waals surface area contributed by atoms with E-state index in [2.05, 4.69) is 103 Å². The van der Waals surface area contributed by atoms with Crippen LogP contribution in [0.1, 0.15) is 56.2 Å². The predicted octanol–water partition coefficient (Wildman–Crippen LogP) is -11.7. The molecule has 22 N–H and O–H groups in total. The van der Waals surface area contributed by atoms with Crippen molar-refractivity contribution in [3.8, 4) is 0 Å². The topological polar surface area (TPSA) is 653 Å². The lowest BCUT2D eigenvalue weighted by molar-refractivity contribution is -0.161. The molecular formula is C56H77N23O20. The molecule has 5 heterocycles. The molecule has 15 amide bonds. The van der Waals surface area contributed by atoms with Crippen LogP contribution in [0.4, 0.5) is 0 Å². The van der Waals surface area contributed by atoms with E-state index >= 15 is 24.0 Å². The Morgan fingerprint density at radius 1 is 0.343 bits per heavy atom. The Bertz CT molecular complexity index is 3390. The summed E-state index contributed by atoms with van der Waals surface area (Å²) in [6.45, 7) is -5.30. The first kappa shape index (κ1) is 78.0. The average molecular weight is 1390 g/mol. The number of primary amides is 1. The summed E-state index contributed by atoms with van der Waals surface area (Å²) in [5.74, 6) is -20.8. The van der Waals surface area contributed by atoms with Crippen molar-refractivity contribution in [1.82, 2.24) is 113 Å². The second-order valence-electron chi connectivity index (χ2n) is 21.9. The van der Waals surface area contributed by atoms with Gasteiger partial charge in [0.1, 0.15) is 66.5 Å². The molecule has 0 bridgehead atoms. The fourth-order valence-electron chi connectivity index (χ4n) is 9.56. The highest BCUT2D eigenvalue weighted by molar-refractivity contribution is 6.09. The van der Waals surface area contributed by atoms with Crippen molar-refractivity contribution in [3.63, 3.8) is 0 Å². The quantitative estimate of drug-likeness (QED) is 0.0174. The Morgan fingerprint density at radius 3 is 0.778 bits per heavy atom. The summed E-state index contributed by atoms with van der Waals surface area (Å²) in [4.78, 5) is 245. The summed E-state index contributed by atoms with van der Waals surface area (Å²) in [6, 6.07) is -23.8. The van der Waals surface area contributed by atoms with E-state index in [0.717, 1.165) is 40.2 Å². The molecule has 0 saturated heterocycles. The molecule has 0 unspecified atom stereocenters. The molecule has 43 nitrogen and oxygen atoms in total. The number of amides is 15. The summed E-state index contributed by atoms with van der Waals surface area (Å²) in [6.07, 6.45) is 9.68. The maximum atomic E-state index is 15.9. The van der Waals surface area contributed by atoms with Gasteiger partial charge in [-0.25, -0.2) is 24.9 Å². The number of aliphatic hydroxyl groups excluding tert-OH is 5. The molecule has 0 radical (unpaired) electrons. The lowest BCUT2D eigenvalue weighted by Gasteiger charge is -2.38. The number of nitrogens with zero attached hydrogens (tertiary/aromatic N) is 7. The van der Waals surface area contributed by atoms with Gasteiger partial charge in [-0.2, -0.15) is 0 Å². The van der Waals surface area contributed by atoms with Gasteiger partial charge in [0.25, 0.3) is 23.6 Å². The molecule has 99 heavy (non-hydrogen) atoms. The number of H-pyrrole nitrogens is 5. The van der Waals surface area contributed by atoms with E-state index in [1.54, 1.807) is 0 Å². The van der Waals surface area contributed by atoms with Crippen LogP contribution in [0.5, 0.6) is 0 Å². The normalized spacial score (nSPS) is 14.4. The third kappa shape index (κ3) is 23.6. The number of imidazole rings is 5. The molecule has 5 rings (SSSR count). The van der Waals surface area contributed by atoms with E-state index in [1.165, 1.54) is 50.1 Å². The number of aromatic amines is 5. The van der Waals surface area contributed by atoms with E-state index in [0.29, 0.717) is 0 Å². The molecule has 0 saturated carbocycles. The number of rotatable bonds is 39. The maximum Gasteiger partial charge on any atom is 0.255 e. The number of aromatic nitrogens is 10. The Kier molecular flexibility index (Phi) is 30.1. The first-order valence-corrected chi connectivity index (χ1v) is 29.9. The SMILES string of the molecule is CC(=O)N[C@@H](Cc1cnc[nH]1)C(=O)N[C@@H](CO)C(=O)N(C[C@@H](C(=O)N[C@@H](Cc1cnc[nH]1)C(=O)N[C@@H](CO)C(N)=O)N(C(=O)[C@H](CO)NC(=O)[C@H](Cc1cnc[nH]1)NC(C)=O)C(=O)[C@H](CO)NC(=O)[C@H](Cc1cnc[nH]1)NC(C)=O)C(=O)[C@H](CO)NC(=O)[C@H](Cc1cnc[nH]1)NC(C)=O. The molecule has 0 aliphatic carbocycles. The number of aliphatic hydroxyl groups is 5. The van der Waals surface area contributed by atoms with Gasteiger partial charge < -0.3 is 109 Å². The van der Waals surface area contributed by atoms with Gasteiger partial charge in [0.05, 0.1) is 71.2 Å². The molecule has 11 atom stereocenters. The number of carbonyl (C=O) groups excluding carboxylic acids is 15. The standard InChI is InChI=1S/C56H77N23O20/c1-26(85)68-35(5-30-10-58-21-63-30)47(90)74-41(17-81)53(96)78(54(97)42(18-82)75-48(91)36(69-27(2)86)6-31-11-59-22-64-31)15-45(52(95)72-39(9-34-14-62-25-67-34)51(94)73-40(16-80)46(57)89)79(55(98)43(19-83)76-49(92)37(70-28(3)87)7-32-12-60-23-65-32)56(99)44(20-84)77-50(93)38(71-29(4)88)8-33-13-61-24-66-33/h10-14,21-25,35-45,80-84H,5-9,15-20H2,1-4H3,(H2,57,89)(H,58,63)(H,59,64)(H,60,65)(H,61,66)(H,62,67)(H,68,85)(H,69,86)(H,70,87)(H,71,88)(H,72,95)(H,73,94)(H,74,90)(H,75,91)(H,76,92)(H,77,93)/t35-,36-,37-,38-,39-,40-,41-,42-,43-,44-,45-/m0/s1. The third-order valence-corrected chi connectivity index (χ3v) is 14.3. The molecule has 536 valence electrons. The smallest absolute Gasteiger partial charge is 0.255 e. The van der Waals surface area contributed by atoms with Gasteiger partial charge in [0, 0.05) is 119 Å². The molecule has 43 heteroatoms. The average Bonchev–Trinajstić information content (AvgIpc) is 1.59. The van der Waals surface area contributed by atoms with Crippen molar-refractivity contribution < 1.29 is 97.5 Å². The van der Waals surface area contributed by atoms with Crippen LogP contribution in [0, 0.1) is 0 Å². The summed E-state index contributed by atoms with van der Waals surface area (Å²) in [7, 11) is 0. The van der Waals surface area contributed by atoms with Crippen LogP contribution in [0.15, 0.2) is 62.6 Å². The third-order valence-electron chi connectivity index (χ3n) is 14.3. The van der Waals surface area contributed by atoms with Gasteiger partial charge in [-0.3, -0.25) is 81.7 Å². The van der Waals surface area contributed by atoms with Gasteiger partial charge in [0.2, 0.25) is 65.0 Å². The van der Waals surface area contributed by atoms with E-state index in [4.69, 9.17) is 5.73 Å². The van der Waals surface area contributed by atoms with Crippen LogP contribution in [0.2, 0.25) is 0 Å². The lowest BCUT2D eigenvalue weighted by atomic mass is 10.0. The number of hydrogen-bond donors (Lipinski definition) is 21. The largest absolute Gasteiger partial charge is 0.394 e. The van der Waals surface area contributed by atoms with Crippen LogP contribution in [0.25, 0.3) is 0 Å². The summed E-state index contributed by atoms with van der Waals surface area (Å²) < 4.78 is 0. The highest BCUT2D eigenvalue weighted by Gasteiger charge is 2.47. The molecule has 0 aliphatic rings. The number of nitrogens with one attached hydrogen (secondary N) is 15. The highest BCUT2D eigenvalue weighted by atomic mass is 16.3. The highest BCUT2D eigenvalue weighted by Crippen LogP contribution is 2.17. The van der Waals surface area contributed by atoms with Gasteiger partial charge in [-0.15, -0.1) is 0 Å².